The Morgan fingerprint density at radius 1 is 1.42 bits per heavy atom. The van der Waals surface area contributed by atoms with Gasteiger partial charge >= 0.3 is 0 Å². The van der Waals surface area contributed by atoms with E-state index in [1.165, 1.54) is 0 Å². The maximum absolute atomic E-state index is 12.1. The number of nitrogens with zero attached hydrogens (tertiary/aromatic N) is 2. The number of hydrogen-bond donors (Lipinski definition) is 1. The molecule has 1 N–H and O–H groups in total. The standard InChI is InChI=1S/C18H23N3O3/c22-18(8-7-15-4-3-12-23-15)20-16-5-1-2-6-17(16)24-13-11-21-10-9-19-14-21/h1-2,5-6,9-10,14-15H,3-4,7-8,11-13H2,(H,20,22)/t15-/m0/s1. The molecule has 1 aromatic carbocycles. The van der Waals surface area contributed by atoms with Crippen molar-refractivity contribution in [2.45, 2.75) is 38.3 Å². The molecular formula is C18H23N3O3. The second-order valence-electron chi connectivity index (χ2n) is 5.87. The number of amides is 1. The molecule has 0 aliphatic carbocycles. The van der Waals surface area contributed by atoms with Crippen molar-refractivity contribution in [3.8, 4) is 5.75 Å². The highest BCUT2D eigenvalue weighted by atomic mass is 16.5. The second kappa shape index (κ2) is 8.49. The first-order valence-electron chi connectivity index (χ1n) is 8.40. The molecule has 24 heavy (non-hydrogen) atoms. The second-order valence-corrected chi connectivity index (χ2v) is 5.87. The third-order valence-corrected chi connectivity index (χ3v) is 4.04. The highest BCUT2D eigenvalue weighted by Gasteiger charge is 2.17. The van der Waals surface area contributed by atoms with Gasteiger partial charge in [0.1, 0.15) is 12.4 Å². The molecule has 1 amide bonds. The van der Waals surface area contributed by atoms with Crippen LogP contribution in [0.4, 0.5) is 5.69 Å². The lowest BCUT2D eigenvalue weighted by molar-refractivity contribution is -0.116. The average Bonchev–Trinajstić information content (AvgIpc) is 3.28. The van der Waals surface area contributed by atoms with E-state index in [4.69, 9.17) is 9.47 Å². The van der Waals surface area contributed by atoms with Gasteiger partial charge in [0, 0.05) is 25.4 Å². The van der Waals surface area contributed by atoms with Crippen molar-refractivity contribution in [1.82, 2.24) is 9.55 Å². The molecule has 128 valence electrons. The lowest BCUT2D eigenvalue weighted by Gasteiger charge is -2.13. The largest absolute Gasteiger partial charge is 0.490 e. The van der Waals surface area contributed by atoms with Crippen LogP contribution in [0.25, 0.3) is 0 Å². The molecule has 0 radical (unpaired) electrons. The van der Waals surface area contributed by atoms with Crippen LogP contribution >= 0.6 is 0 Å². The Hall–Kier alpha value is -2.34. The van der Waals surface area contributed by atoms with Crippen LogP contribution in [-0.4, -0.2) is 34.8 Å². The molecular weight excluding hydrogens is 306 g/mol. The molecule has 1 aliphatic rings. The van der Waals surface area contributed by atoms with E-state index in [0.717, 1.165) is 25.9 Å². The number of aromatic nitrogens is 2. The van der Waals surface area contributed by atoms with Crippen molar-refractivity contribution in [3.63, 3.8) is 0 Å². The van der Waals surface area contributed by atoms with E-state index in [2.05, 4.69) is 10.3 Å². The van der Waals surface area contributed by atoms with Gasteiger partial charge in [-0.15, -0.1) is 0 Å². The van der Waals surface area contributed by atoms with Crippen molar-refractivity contribution in [1.29, 1.82) is 0 Å². The SMILES string of the molecule is O=C(CC[C@@H]1CCCO1)Nc1ccccc1OCCn1ccnc1. The fourth-order valence-corrected chi connectivity index (χ4v) is 2.75. The minimum atomic E-state index is -0.00356. The number of carbonyl (C=O) groups excluding carboxylic acids is 1. The number of hydrogen-bond acceptors (Lipinski definition) is 4. The number of carbonyl (C=O) groups is 1. The quantitative estimate of drug-likeness (QED) is 0.809. The number of rotatable bonds is 8. The van der Waals surface area contributed by atoms with Crippen molar-refractivity contribution in [2.75, 3.05) is 18.5 Å². The Bertz CT molecular complexity index is 637. The Morgan fingerprint density at radius 2 is 2.33 bits per heavy atom. The molecule has 0 bridgehead atoms. The molecule has 0 spiro atoms. The van der Waals surface area contributed by atoms with E-state index in [1.54, 1.807) is 12.5 Å². The van der Waals surface area contributed by atoms with Crippen LogP contribution in [0.15, 0.2) is 43.0 Å². The fourth-order valence-electron chi connectivity index (χ4n) is 2.75. The van der Waals surface area contributed by atoms with Crippen LogP contribution in [-0.2, 0) is 16.1 Å². The van der Waals surface area contributed by atoms with E-state index in [1.807, 2.05) is 35.0 Å². The van der Waals surface area contributed by atoms with E-state index < -0.39 is 0 Å². The van der Waals surface area contributed by atoms with Gasteiger partial charge in [-0.3, -0.25) is 4.79 Å². The van der Waals surface area contributed by atoms with Gasteiger partial charge in [-0.25, -0.2) is 4.98 Å². The van der Waals surface area contributed by atoms with Gasteiger partial charge < -0.3 is 19.4 Å². The average molecular weight is 329 g/mol. The van der Waals surface area contributed by atoms with Gasteiger partial charge in [0.25, 0.3) is 0 Å². The smallest absolute Gasteiger partial charge is 0.224 e. The predicted molar refractivity (Wildman–Crippen MR) is 91.0 cm³/mol. The maximum atomic E-state index is 12.1. The normalized spacial score (nSPS) is 16.9. The zero-order valence-corrected chi connectivity index (χ0v) is 13.7. The molecule has 0 saturated carbocycles. The minimum Gasteiger partial charge on any atom is -0.490 e. The molecule has 6 heteroatoms. The van der Waals surface area contributed by atoms with Crippen LogP contribution < -0.4 is 10.1 Å². The Morgan fingerprint density at radius 3 is 3.12 bits per heavy atom. The summed E-state index contributed by atoms with van der Waals surface area (Å²) in [7, 11) is 0. The lowest BCUT2D eigenvalue weighted by atomic mass is 10.1. The van der Waals surface area contributed by atoms with Gasteiger partial charge in [0.2, 0.25) is 5.91 Å². The Kier molecular flexibility index (Phi) is 5.85. The molecule has 6 nitrogen and oxygen atoms in total. The molecule has 1 atom stereocenters. The monoisotopic (exact) mass is 329 g/mol. The molecule has 1 fully saturated rings. The molecule has 1 aliphatic heterocycles. The summed E-state index contributed by atoms with van der Waals surface area (Å²) in [4.78, 5) is 16.1. The van der Waals surface area contributed by atoms with E-state index >= 15 is 0 Å². The summed E-state index contributed by atoms with van der Waals surface area (Å²) < 4.78 is 13.3. The van der Waals surface area contributed by atoms with Gasteiger partial charge in [-0.1, -0.05) is 12.1 Å². The van der Waals surface area contributed by atoms with Crippen LogP contribution in [0, 0.1) is 0 Å². The fraction of sp³-hybridized carbons (Fsp3) is 0.444. The molecule has 2 aromatic rings. The van der Waals surface area contributed by atoms with Gasteiger partial charge in [0.05, 0.1) is 24.7 Å². The van der Waals surface area contributed by atoms with Crippen molar-refractivity contribution < 1.29 is 14.3 Å². The van der Waals surface area contributed by atoms with E-state index in [-0.39, 0.29) is 12.0 Å². The number of imidazole rings is 1. The number of ether oxygens (including phenoxy) is 2. The first-order valence-corrected chi connectivity index (χ1v) is 8.40. The maximum Gasteiger partial charge on any atom is 0.224 e. The molecule has 3 rings (SSSR count). The van der Waals surface area contributed by atoms with E-state index in [9.17, 15) is 4.79 Å². The van der Waals surface area contributed by atoms with Crippen molar-refractivity contribution in [2.24, 2.45) is 0 Å². The van der Waals surface area contributed by atoms with Gasteiger partial charge in [-0.2, -0.15) is 0 Å². The number of nitrogens with one attached hydrogen (secondary N) is 1. The summed E-state index contributed by atoms with van der Waals surface area (Å²) in [5.74, 6) is 0.680. The topological polar surface area (TPSA) is 65.4 Å². The molecule has 2 heterocycles. The highest BCUT2D eigenvalue weighted by molar-refractivity contribution is 5.92. The Balaban J connectivity index is 1.48. The minimum absolute atomic E-state index is 0.00356. The zero-order valence-electron chi connectivity index (χ0n) is 13.7. The summed E-state index contributed by atoms with van der Waals surface area (Å²) in [6, 6.07) is 7.51. The van der Waals surface area contributed by atoms with Crippen LogP contribution in [0.5, 0.6) is 5.75 Å². The van der Waals surface area contributed by atoms with Crippen LogP contribution in [0.1, 0.15) is 25.7 Å². The van der Waals surface area contributed by atoms with Crippen molar-refractivity contribution in [3.05, 3.63) is 43.0 Å². The van der Waals surface area contributed by atoms with Gasteiger partial charge in [0.15, 0.2) is 0 Å². The summed E-state index contributed by atoms with van der Waals surface area (Å²) >= 11 is 0. The molecule has 1 aromatic heterocycles. The first-order chi connectivity index (χ1) is 11.8. The molecule has 1 saturated heterocycles. The first kappa shape index (κ1) is 16.5. The van der Waals surface area contributed by atoms with Crippen molar-refractivity contribution >= 4 is 11.6 Å². The summed E-state index contributed by atoms with van der Waals surface area (Å²) in [5, 5.41) is 2.94. The van der Waals surface area contributed by atoms with E-state index in [0.29, 0.717) is 31.0 Å². The van der Waals surface area contributed by atoms with Crippen LogP contribution in [0.3, 0.4) is 0 Å². The van der Waals surface area contributed by atoms with Crippen LogP contribution in [0.2, 0.25) is 0 Å². The third-order valence-electron chi connectivity index (χ3n) is 4.04. The van der Waals surface area contributed by atoms with Gasteiger partial charge in [-0.05, 0) is 31.4 Å². The number of para-hydroxylation sites is 2. The summed E-state index contributed by atoms with van der Waals surface area (Å²) in [5.41, 5.74) is 0.709. The number of anilines is 1. The number of benzene rings is 1. The highest BCUT2D eigenvalue weighted by Crippen LogP contribution is 2.24. The molecule has 0 unspecified atom stereocenters. The predicted octanol–water partition coefficient (Wildman–Crippen LogP) is 2.86. The lowest BCUT2D eigenvalue weighted by Crippen LogP contribution is -2.16. The Labute approximate surface area is 141 Å². The zero-order chi connectivity index (χ0) is 16.6. The summed E-state index contributed by atoms with van der Waals surface area (Å²) in [6.07, 6.45) is 9.01. The third kappa shape index (κ3) is 4.83. The summed E-state index contributed by atoms with van der Waals surface area (Å²) in [6.45, 7) is 2.04.